The number of imidazole rings is 1. The Labute approximate surface area is 232 Å². The number of nitrogens with zero attached hydrogens (tertiary/aromatic N) is 4. The third-order valence-electron chi connectivity index (χ3n) is 6.16. The number of pyridine rings is 1. The second kappa shape index (κ2) is 13.5. The Kier molecular flexibility index (Phi) is 10.4. The molecule has 0 atom stereocenters. The molecule has 0 aliphatic rings. The van der Waals surface area contributed by atoms with Crippen molar-refractivity contribution in [2.75, 3.05) is 51.5 Å². The van der Waals surface area contributed by atoms with Crippen LogP contribution in [0.15, 0.2) is 30.5 Å². The predicted octanol–water partition coefficient (Wildman–Crippen LogP) is 3.17. The van der Waals surface area contributed by atoms with Crippen LogP contribution in [0.3, 0.4) is 0 Å². The third kappa shape index (κ3) is 7.73. The Morgan fingerprint density at radius 2 is 1.79 bits per heavy atom. The first-order valence-corrected chi connectivity index (χ1v) is 13.1. The van der Waals surface area contributed by atoms with Gasteiger partial charge in [0.25, 0.3) is 11.8 Å². The van der Waals surface area contributed by atoms with Gasteiger partial charge in [-0.15, -0.1) is 0 Å². The van der Waals surface area contributed by atoms with E-state index in [1.807, 2.05) is 0 Å². The molecule has 9 nitrogen and oxygen atoms in total. The van der Waals surface area contributed by atoms with E-state index in [2.05, 4.69) is 34.7 Å². The van der Waals surface area contributed by atoms with Crippen molar-refractivity contribution in [2.24, 2.45) is 7.05 Å². The van der Waals surface area contributed by atoms with Crippen LogP contribution in [-0.4, -0.2) is 67.6 Å². The van der Waals surface area contributed by atoms with E-state index >= 15 is 0 Å². The molecular weight excluding hydrogens is 528 g/mol. The normalized spacial score (nSPS) is 11.1. The minimum absolute atomic E-state index is 0.0357. The van der Waals surface area contributed by atoms with Crippen LogP contribution >= 0.6 is 11.6 Å². The predicted molar refractivity (Wildman–Crippen MR) is 149 cm³/mol. The van der Waals surface area contributed by atoms with Gasteiger partial charge in [0.05, 0.1) is 48.7 Å². The van der Waals surface area contributed by atoms with Gasteiger partial charge < -0.3 is 25.0 Å². The molecule has 2 heterocycles. The Morgan fingerprint density at radius 3 is 2.46 bits per heavy atom. The number of hydrogen-bond donors (Lipinski definition) is 3. The smallest absolute Gasteiger partial charge is 0.291 e. The van der Waals surface area contributed by atoms with Crippen molar-refractivity contribution in [2.45, 2.75) is 25.7 Å². The van der Waals surface area contributed by atoms with Crippen molar-refractivity contribution in [1.29, 1.82) is 0 Å². The lowest BCUT2D eigenvalue weighted by atomic mass is 10.1. The Morgan fingerprint density at radius 1 is 1.08 bits per heavy atom. The SMILES string of the molecule is CN(C)c1nc(F)c(-c2cnc(C(=O)Nc3ccc(C(=O)NCCCCCC[NH+](C)C)c(Cl)c3)n2C)cc1F. The second-order valence-electron chi connectivity index (χ2n) is 9.83. The number of halogens is 3. The number of anilines is 2. The van der Waals surface area contributed by atoms with Crippen LogP contribution in [0.2, 0.25) is 5.02 Å². The van der Waals surface area contributed by atoms with Crippen LogP contribution in [0.5, 0.6) is 0 Å². The highest BCUT2D eigenvalue weighted by atomic mass is 35.5. The quantitative estimate of drug-likeness (QED) is 0.233. The fourth-order valence-electron chi connectivity index (χ4n) is 4.04. The van der Waals surface area contributed by atoms with Gasteiger partial charge in [-0.25, -0.2) is 9.37 Å². The van der Waals surface area contributed by atoms with Crippen LogP contribution in [-0.2, 0) is 7.05 Å². The van der Waals surface area contributed by atoms with Gasteiger partial charge >= 0.3 is 0 Å². The van der Waals surface area contributed by atoms with Gasteiger partial charge in [0.1, 0.15) is 0 Å². The number of carbonyl (C=O) groups is 2. The number of quaternary nitrogens is 1. The first-order valence-electron chi connectivity index (χ1n) is 12.7. The summed E-state index contributed by atoms with van der Waals surface area (Å²) in [6.45, 7) is 1.69. The van der Waals surface area contributed by atoms with E-state index in [0.29, 0.717) is 17.8 Å². The number of amides is 2. The molecule has 0 fully saturated rings. The zero-order valence-electron chi connectivity index (χ0n) is 22.9. The average Bonchev–Trinajstić information content (AvgIpc) is 3.25. The summed E-state index contributed by atoms with van der Waals surface area (Å²) in [4.78, 5) is 36.0. The van der Waals surface area contributed by atoms with Crippen molar-refractivity contribution in [3.8, 4) is 11.3 Å². The van der Waals surface area contributed by atoms with Crippen LogP contribution in [0, 0.1) is 11.8 Å². The lowest BCUT2D eigenvalue weighted by Crippen LogP contribution is -3.05. The maximum atomic E-state index is 14.6. The van der Waals surface area contributed by atoms with Crippen molar-refractivity contribution >= 4 is 34.9 Å². The van der Waals surface area contributed by atoms with Gasteiger partial charge in [-0.05, 0) is 43.5 Å². The standard InChI is InChI=1S/C27H34ClF2N7O2/c1-35(2)13-9-7-6-8-12-31-26(38)18-11-10-17(14-20(18)28)33-27(39)25-32-16-22(37(25)5)19-15-21(29)24(36(3)4)34-23(19)30/h10-11,14-16H,6-9,12-13H2,1-5H3,(H,31,38)(H,33,39)/p+1. The molecule has 0 unspecified atom stereocenters. The van der Waals surface area contributed by atoms with Gasteiger partial charge in [0, 0.05) is 33.4 Å². The lowest BCUT2D eigenvalue weighted by molar-refractivity contribution is -0.858. The summed E-state index contributed by atoms with van der Waals surface area (Å²) in [6, 6.07) is 5.59. The molecule has 0 aliphatic heterocycles. The van der Waals surface area contributed by atoms with Crippen LogP contribution in [0.25, 0.3) is 11.3 Å². The van der Waals surface area contributed by atoms with Gasteiger partial charge in [0.2, 0.25) is 5.95 Å². The minimum Gasteiger partial charge on any atom is -0.360 e. The molecule has 3 aromatic rings. The third-order valence-corrected chi connectivity index (χ3v) is 6.48. The van der Waals surface area contributed by atoms with Crippen molar-refractivity contribution < 1.29 is 23.3 Å². The largest absolute Gasteiger partial charge is 0.360 e. The lowest BCUT2D eigenvalue weighted by Gasteiger charge is -2.14. The highest BCUT2D eigenvalue weighted by Gasteiger charge is 2.21. The van der Waals surface area contributed by atoms with Gasteiger partial charge in [-0.1, -0.05) is 18.0 Å². The summed E-state index contributed by atoms with van der Waals surface area (Å²) in [5.74, 6) is -2.64. The molecule has 39 heavy (non-hydrogen) atoms. The summed E-state index contributed by atoms with van der Waals surface area (Å²) in [7, 11) is 8.88. The number of aromatic nitrogens is 3. The molecule has 0 spiro atoms. The highest BCUT2D eigenvalue weighted by molar-refractivity contribution is 6.34. The first-order chi connectivity index (χ1) is 18.5. The second-order valence-corrected chi connectivity index (χ2v) is 10.2. The summed E-state index contributed by atoms with van der Waals surface area (Å²) in [5.41, 5.74) is 0.706. The Bertz CT molecular complexity index is 1330. The van der Waals surface area contributed by atoms with E-state index in [4.69, 9.17) is 11.6 Å². The molecular formula is C27H35ClF2N7O2+. The monoisotopic (exact) mass is 562 g/mol. The minimum atomic E-state index is -0.888. The molecule has 3 rings (SSSR count). The highest BCUT2D eigenvalue weighted by Crippen LogP contribution is 2.27. The van der Waals surface area contributed by atoms with Crippen LogP contribution < -0.4 is 20.4 Å². The van der Waals surface area contributed by atoms with Gasteiger partial charge in [0.15, 0.2) is 17.5 Å². The maximum Gasteiger partial charge on any atom is 0.291 e. The van der Waals surface area contributed by atoms with E-state index in [1.54, 1.807) is 20.2 Å². The molecule has 2 amide bonds. The summed E-state index contributed by atoms with van der Waals surface area (Å²) in [5, 5.41) is 5.73. The van der Waals surface area contributed by atoms with E-state index in [-0.39, 0.29) is 33.8 Å². The van der Waals surface area contributed by atoms with E-state index in [0.717, 1.165) is 38.3 Å². The van der Waals surface area contributed by atoms with Gasteiger partial charge in [-0.2, -0.15) is 9.37 Å². The molecule has 3 N–H and O–H groups in total. The van der Waals surface area contributed by atoms with Crippen LogP contribution in [0.1, 0.15) is 46.7 Å². The molecule has 210 valence electrons. The summed E-state index contributed by atoms with van der Waals surface area (Å²) in [6.07, 6.45) is 5.48. The molecule has 1 aromatic carbocycles. The summed E-state index contributed by atoms with van der Waals surface area (Å²) < 4.78 is 30.4. The van der Waals surface area contributed by atoms with E-state index in [9.17, 15) is 18.4 Å². The molecule has 2 aromatic heterocycles. The Balaban J connectivity index is 1.62. The average molecular weight is 563 g/mol. The topological polar surface area (TPSA) is 96.6 Å². The summed E-state index contributed by atoms with van der Waals surface area (Å²) >= 11 is 6.32. The molecule has 0 saturated carbocycles. The number of benzene rings is 1. The number of rotatable bonds is 12. The number of hydrogen-bond acceptors (Lipinski definition) is 5. The van der Waals surface area contributed by atoms with Crippen molar-refractivity contribution in [3.63, 3.8) is 0 Å². The number of carbonyl (C=O) groups excluding carboxylic acids is 2. The fraction of sp³-hybridized carbons (Fsp3) is 0.407. The Hall–Kier alpha value is -3.57. The van der Waals surface area contributed by atoms with Crippen LogP contribution in [0.4, 0.5) is 20.3 Å². The van der Waals surface area contributed by atoms with Gasteiger partial charge in [-0.3, -0.25) is 9.59 Å². The fourth-order valence-corrected chi connectivity index (χ4v) is 4.31. The van der Waals surface area contributed by atoms with Crippen molar-refractivity contribution in [1.82, 2.24) is 19.9 Å². The van der Waals surface area contributed by atoms with E-state index < -0.39 is 17.7 Å². The molecule has 12 heteroatoms. The maximum absolute atomic E-state index is 14.6. The molecule has 0 radical (unpaired) electrons. The van der Waals surface area contributed by atoms with Crippen molar-refractivity contribution in [3.05, 3.63) is 58.6 Å². The molecule has 0 saturated heterocycles. The number of nitrogens with one attached hydrogen (secondary N) is 3. The molecule has 0 bridgehead atoms. The zero-order chi connectivity index (χ0) is 28.7. The molecule has 0 aliphatic carbocycles. The van der Waals surface area contributed by atoms with E-state index in [1.165, 1.54) is 39.7 Å². The first kappa shape index (κ1) is 30.0. The number of unbranched alkanes of at least 4 members (excludes halogenated alkanes) is 3. The zero-order valence-corrected chi connectivity index (χ0v) is 23.6.